The number of carbonyl (C=O) groups is 1. The molecule has 0 aliphatic carbocycles. The van der Waals surface area contributed by atoms with Crippen molar-refractivity contribution in [2.75, 3.05) is 12.4 Å². The van der Waals surface area contributed by atoms with Gasteiger partial charge in [-0.3, -0.25) is 4.79 Å². The summed E-state index contributed by atoms with van der Waals surface area (Å²) in [5.41, 5.74) is -0.289. The molecule has 3 aromatic rings. The second-order valence-corrected chi connectivity index (χ2v) is 5.51. The van der Waals surface area contributed by atoms with Crippen molar-refractivity contribution >= 4 is 22.9 Å². The topological polar surface area (TPSA) is 51.5 Å². The quantitative estimate of drug-likeness (QED) is 0.761. The van der Waals surface area contributed by atoms with E-state index in [-0.39, 0.29) is 17.2 Å². The molecule has 1 aromatic carbocycles. The molecule has 0 aliphatic rings. The van der Waals surface area contributed by atoms with Gasteiger partial charge in [-0.25, -0.2) is 8.78 Å². The molecule has 4 nitrogen and oxygen atoms in total. The SMILES string of the molecule is COc1cc(F)c(NC(=O)c2ccc(-c3cccs3)o2)cc1F. The molecule has 2 heterocycles. The van der Waals surface area contributed by atoms with E-state index < -0.39 is 17.5 Å². The maximum Gasteiger partial charge on any atom is 0.291 e. The minimum absolute atomic E-state index is 0.00373. The number of carbonyl (C=O) groups excluding carboxylic acids is 1. The zero-order valence-corrected chi connectivity index (χ0v) is 12.7. The van der Waals surface area contributed by atoms with Crippen LogP contribution in [0.2, 0.25) is 0 Å². The zero-order chi connectivity index (χ0) is 16.4. The van der Waals surface area contributed by atoms with Crippen LogP contribution in [0.5, 0.6) is 5.75 Å². The van der Waals surface area contributed by atoms with Gasteiger partial charge >= 0.3 is 0 Å². The number of amides is 1. The zero-order valence-electron chi connectivity index (χ0n) is 11.9. The van der Waals surface area contributed by atoms with E-state index in [2.05, 4.69) is 10.1 Å². The normalized spacial score (nSPS) is 10.6. The Balaban J connectivity index is 1.81. The summed E-state index contributed by atoms with van der Waals surface area (Å²) in [5, 5.41) is 4.16. The van der Waals surface area contributed by atoms with Gasteiger partial charge in [0, 0.05) is 12.1 Å². The van der Waals surface area contributed by atoms with Crippen LogP contribution in [0.3, 0.4) is 0 Å². The molecule has 0 unspecified atom stereocenters. The predicted molar refractivity (Wildman–Crippen MR) is 82.9 cm³/mol. The molecule has 2 aromatic heterocycles. The first-order valence-electron chi connectivity index (χ1n) is 6.56. The van der Waals surface area contributed by atoms with E-state index in [1.807, 2.05) is 17.5 Å². The van der Waals surface area contributed by atoms with Crippen molar-refractivity contribution in [2.24, 2.45) is 0 Å². The van der Waals surface area contributed by atoms with Crippen LogP contribution in [-0.2, 0) is 0 Å². The van der Waals surface area contributed by atoms with E-state index >= 15 is 0 Å². The average molecular weight is 335 g/mol. The van der Waals surface area contributed by atoms with Gasteiger partial charge in [0.2, 0.25) is 0 Å². The third kappa shape index (κ3) is 3.09. The Morgan fingerprint density at radius 2 is 2.04 bits per heavy atom. The molecule has 0 fully saturated rings. The van der Waals surface area contributed by atoms with Crippen LogP contribution in [0.25, 0.3) is 10.6 Å². The molecule has 0 atom stereocenters. The summed E-state index contributed by atoms with van der Waals surface area (Å²) in [5.74, 6) is -1.95. The number of furan rings is 1. The number of hydrogen-bond acceptors (Lipinski definition) is 4. The largest absolute Gasteiger partial charge is 0.494 e. The highest BCUT2D eigenvalue weighted by Crippen LogP contribution is 2.28. The highest BCUT2D eigenvalue weighted by molar-refractivity contribution is 7.13. The van der Waals surface area contributed by atoms with Crippen LogP contribution < -0.4 is 10.1 Å². The van der Waals surface area contributed by atoms with Crippen molar-refractivity contribution in [3.05, 3.63) is 59.2 Å². The summed E-state index contributed by atoms with van der Waals surface area (Å²) >= 11 is 1.46. The minimum atomic E-state index is -0.804. The average Bonchev–Trinajstić information content (AvgIpc) is 3.20. The summed E-state index contributed by atoms with van der Waals surface area (Å²) in [6.45, 7) is 0. The van der Waals surface area contributed by atoms with Gasteiger partial charge in [0.25, 0.3) is 5.91 Å². The third-order valence-corrected chi connectivity index (χ3v) is 3.97. The maximum atomic E-state index is 13.8. The third-order valence-electron chi connectivity index (χ3n) is 3.08. The van der Waals surface area contributed by atoms with E-state index in [9.17, 15) is 13.6 Å². The first-order valence-corrected chi connectivity index (χ1v) is 7.44. The molecular formula is C16H11F2NO3S. The lowest BCUT2D eigenvalue weighted by molar-refractivity contribution is 0.0997. The number of rotatable bonds is 4. The van der Waals surface area contributed by atoms with Crippen molar-refractivity contribution in [2.45, 2.75) is 0 Å². The Kier molecular flexibility index (Phi) is 4.12. The Labute approximate surface area is 134 Å². The summed E-state index contributed by atoms with van der Waals surface area (Å²) in [7, 11) is 1.23. The fourth-order valence-corrected chi connectivity index (χ4v) is 2.66. The standard InChI is InChI=1S/C16H11F2NO3S/c1-21-14-8-9(17)11(7-10(14)18)19-16(20)13-5-4-12(22-13)15-3-2-6-23-15/h2-8H,1H3,(H,19,20). The molecular weight excluding hydrogens is 324 g/mol. The van der Waals surface area contributed by atoms with Gasteiger partial charge in [-0.05, 0) is 23.6 Å². The van der Waals surface area contributed by atoms with E-state index in [0.29, 0.717) is 5.76 Å². The Morgan fingerprint density at radius 1 is 1.22 bits per heavy atom. The molecule has 0 saturated heterocycles. The molecule has 0 radical (unpaired) electrons. The van der Waals surface area contributed by atoms with Gasteiger partial charge in [0.05, 0.1) is 17.7 Å². The van der Waals surface area contributed by atoms with Crippen LogP contribution in [0.15, 0.2) is 46.2 Å². The van der Waals surface area contributed by atoms with Gasteiger partial charge in [-0.2, -0.15) is 0 Å². The van der Waals surface area contributed by atoms with Crippen LogP contribution in [0, 0.1) is 11.6 Å². The van der Waals surface area contributed by atoms with Crippen molar-refractivity contribution in [3.8, 4) is 16.4 Å². The van der Waals surface area contributed by atoms with Crippen molar-refractivity contribution < 1.29 is 22.7 Å². The van der Waals surface area contributed by atoms with E-state index in [1.165, 1.54) is 24.5 Å². The second-order valence-electron chi connectivity index (χ2n) is 4.56. The molecule has 23 heavy (non-hydrogen) atoms. The lowest BCUT2D eigenvalue weighted by atomic mass is 10.2. The van der Waals surface area contributed by atoms with Gasteiger partial charge in [0.1, 0.15) is 5.76 Å². The van der Waals surface area contributed by atoms with Crippen molar-refractivity contribution in [1.82, 2.24) is 0 Å². The predicted octanol–water partition coefficient (Wildman–Crippen LogP) is 4.55. The molecule has 118 valence electrons. The summed E-state index contributed by atoms with van der Waals surface area (Å²) in [6.07, 6.45) is 0. The smallest absolute Gasteiger partial charge is 0.291 e. The Morgan fingerprint density at radius 3 is 2.74 bits per heavy atom. The second kappa shape index (κ2) is 6.21. The monoisotopic (exact) mass is 335 g/mol. The molecule has 0 bridgehead atoms. The summed E-state index contributed by atoms with van der Waals surface area (Å²) in [4.78, 5) is 13.0. The van der Waals surface area contributed by atoms with Gasteiger partial charge in [0.15, 0.2) is 23.1 Å². The number of anilines is 1. The van der Waals surface area contributed by atoms with Gasteiger partial charge in [-0.15, -0.1) is 11.3 Å². The van der Waals surface area contributed by atoms with Gasteiger partial charge in [-0.1, -0.05) is 6.07 Å². The molecule has 1 amide bonds. The molecule has 1 N–H and O–H groups in total. The molecule has 0 saturated carbocycles. The van der Waals surface area contributed by atoms with E-state index in [0.717, 1.165) is 17.0 Å². The lowest BCUT2D eigenvalue weighted by Crippen LogP contribution is -2.12. The highest BCUT2D eigenvalue weighted by Gasteiger charge is 2.17. The van der Waals surface area contributed by atoms with Crippen LogP contribution in [0.4, 0.5) is 14.5 Å². The maximum absolute atomic E-state index is 13.8. The minimum Gasteiger partial charge on any atom is -0.494 e. The number of methoxy groups -OCH3 is 1. The number of hydrogen-bond donors (Lipinski definition) is 1. The highest BCUT2D eigenvalue weighted by atomic mass is 32.1. The molecule has 0 aliphatic heterocycles. The first-order chi connectivity index (χ1) is 11.1. The van der Waals surface area contributed by atoms with Crippen LogP contribution >= 0.6 is 11.3 Å². The van der Waals surface area contributed by atoms with Crippen LogP contribution in [0.1, 0.15) is 10.6 Å². The van der Waals surface area contributed by atoms with Crippen molar-refractivity contribution in [3.63, 3.8) is 0 Å². The number of benzene rings is 1. The fraction of sp³-hybridized carbons (Fsp3) is 0.0625. The Bertz CT molecular complexity index is 843. The molecule has 7 heteroatoms. The van der Waals surface area contributed by atoms with Gasteiger partial charge < -0.3 is 14.5 Å². The summed E-state index contributed by atoms with van der Waals surface area (Å²) in [6, 6.07) is 8.55. The number of nitrogens with one attached hydrogen (secondary N) is 1. The first kappa shape index (κ1) is 15.2. The molecule has 0 spiro atoms. The lowest BCUT2D eigenvalue weighted by Gasteiger charge is -2.07. The van der Waals surface area contributed by atoms with E-state index in [1.54, 1.807) is 6.07 Å². The molecule has 3 rings (SSSR count). The summed E-state index contributed by atoms with van der Waals surface area (Å²) < 4.78 is 37.5. The Hall–Kier alpha value is -2.67. The number of ether oxygens (including phenoxy) is 1. The number of thiophene rings is 1. The van der Waals surface area contributed by atoms with Crippen LogP contribution in [-0.4, -0.2) is 13.0 Å². The fourth-order valence-electron chi connectivity index (χ4n) is 1.98. The van der Waals surface area contributed by atoms with Crippen molar-refractivity contribution in [1.29, 1.82) is 0 Å². The van der Waals surface area contributed by atoms with E-state index in [4.69, 9.17) is 4.42 Å². The number of halogens is 2.